The van der Waals surface area contributed by atoms with Gasteiger partial charge in [-0.15, -0.1) is 0 Å². The smallest absolute Gasteiger partial charge is 0.264 e. The molecule has 2 aliphatic heterocycles. The van der Waals surface area contributed by atoms with Crippen LogP contribution in [0.2, 0.25) is 0 Å². The van der Waals surface area contributed by atoms with Gasteiger partial charge in [-0.1, -0.05) is 19.9 Å². The lowest BCUT2D eigenvalue weighted by atomic mass is 10.0. The highest BCUT2D eigenvalue weighted by Gasteiger charge is 2.38. The van der Waals surface area contributed by atoms with Crippen LogP contribution in [0.4, 0.5) is 0 Å². The van der Waals surface area contributed by atoms with Gasteiger partial charge in [0.05, 0.1) is 18.2 Å². The summed E-state index contributed by atoms with van der Waals surface area (Å²) in [6, 6.07) is -1.28. The van der Waals surface area contributed by atoms with Crippen LogP contribution in [0.3, 0.4) is 0 Å². The predicted molar refractivity (Wildman–Crippen MR) is 101 cm³/mol. The average Bonchev–Trinajstić information content (AvgIpc) is 2.77. The summed E-state index contributed by atoms with van der Waals surface area (Å²) in [6.07, 6.45) is 3.02. The number of aliphatic hydroxyl groups is 1. The number of carbonyl (C=O) groups excluding carboxylic acids is 2. The van der Waals surface area contributed by atoms with Gasteiger partial charge in [-0.05, 0) is 25.2 Å². The Bertz CT molecular complexity index is 732. The molecule has 1 amide bonds. The number of nitrogens with two attached hydrogens (primary N) is 1. The van der Waals surface area contributed by atoms with E-state index in [1.54, 1.807) is 0 Å². The van der Waals surface area contributed by atoms with Crippen LogP contribution in [0, 0.1) is 5.92 Å². The normalized spacial score (nSPS) is 25.8. The zero-order valence-electron chi connectivity index (χ0n) is 15.7. The number of β-amino-alcohol motifs (C(OH)–C–C–N with tert-alkyl or cyclic N) is 1. The Kier molecular flexibility index (Phi) is 7.26. The van der Waals surface area contributed by atoms with Crippen molar-refractivity contribution in [2.45, 2.75) is 57.7 Å². The maximum atomic E-state index is 12.7. The van der Waals surface area contributed by atoms with Gasteiger partial charge < -0.3 is 16.2 Å². The number of sulfonamides is 1. The van der Waals surface area contributed by atoms with E-state index < -0.39 is 39.0 Å². The van der Waals surface area contributed by atoms with E-state index in [0.29, 0.717) is 19.3 Å². The number of carbonyl (C=O) groups is 2. The van der Waals surface area contributed by atoms with Crippen molar-refractivity contribution < 1.29 is 23.1 Å². The maximum Gasteiger partial charge on any atom is 0.264 e. The van der Waals surface area contributed by atoms with Gasteiger partial charge in [0.25, 0.3) is 10.0 Å². The van der Waals surface area contributed by atoms with Crippen LogP contribution < -0.4 is 11.1 Å². The summed E-state index contributed by atoms with van der Waals surface area (Å²) < 4.78 is 26.5. The average molecular weight is 401 g/mol. The van der Waals surface area contributed by atoms with E-state index in [4.69, 9.17) is 5.73 Å². The number of amides is 1. The number of hydrogen-bond donors (Lipinski definition) is 3. The molecule has 27 heavy (non-hydrogen) atoms. The van der Waals surface area contributed by atoms with Gasteiger partial charge in [0.15, 0.2) is 5.78 Å². The van der Waals surface area contributed by atoms with E-state index in [1.807, 2.05) is 13.8 Å². The van der Waals surface area contributed by atoms with E-state index >= 15 is 0 Å². The van der Waals surface area contributed by atoms with Gasteiger partial charge in [-0.3, -0.25) is 9.59 Å². The van der Waals surface area contributed by atoms with Gasteiger partial charge in [0.2, 0.25) is 11.0 Å². The number of aliphatic imine (C=N–C) groups is 1. The first kappa shape index (κ1) is 21.7. The van der Waals surface area contributed by atoms with Crippen LogP contribution in [-0.2, 0) is 19.6 Å². The monoisotopic (exact) mass is 400 g/mol. The lowest BCUT2D eigenvalue weighted by Crippen LogP contribution is -2.52. The molecule has 2 rings (SSSR count). The zero-order valence-corrected chi connectivity index (χ0v) is 16.5. The van der Waals surface area contributed by atoms with Crippen LogP contribution >= 0.6 is 0 Å². The molecule has 10 heteroatoms. The number of nitrogens with zero attached hydrogens (tertiary/aromatic N) is 2. The number of ketones is 1. The molecule has 0 aliphatic carbocycles. The highest BCUT2D eigenvalue weighted by atomic mass is 32.2. The third-order valence-electron chi connectivity index (χ3n) is 4.59. The van der Waals surface area contributed by atoms with Crippen molar-refractivity contribution in [2.75, 3.05) is 13.1 Å². The Hall–Kier alpha value is -1.62. The number of rotatable bonds is 5. The predicted octanol–water partition coefficient (Wildman–Crippen LogP) is -0.484. The van der Waals surface area contributed by atoms with E-state index in [1.165, 1.54) is 12.3 Å². The molecule has 1 fully saturated rings. The topological polar surface area (TPSA) is 142 Å². The molecule has 0 aromatic heterocycles. The van der Waals surface area contributed by atoms with Crippen LogP contribution in [0.5, 0.6) is 0 Å². The molecule has 3 atom stereocenters. The second-order valence-corrected chi connectivity index (χ2v) is 9.22. The standard InChI is InChI=1S/C17H28N4O5S/c1-11(2)9-12(18)16(24)20-13-5-4-8-21(10-15(13)23)27(25,26)17-14(22)6-3-7-19-17/h3,7,11-13,15,23H,4-6,8-10,18H2,1-2H3,(H,20,24)/t12?,13?,15-/m0/s1. The Morgan fingerprint density at radius 3 is 2.81 bits per heavy atom. The largest absolute Gasteiger partial charge is 0.390 e. The van der Waals surface area contributed by atoms with E-state index in [0.717, 1.165) is 4.31 Å². The third-order valence-corrected chi connectivity index (χ3v) is 6.42. The first-order chi connectivity index (χ1) is 12.6. The number of nitrogens with one attached hydrogen (secondary N) is 1. The Morgan fingerprint density at radius 2 is 2.19 bits per heavy atom. The molecule has 2 unspecified atom stereocenters. The Morgan fingerprint density at radius 1 is 1.48 bits per heavy atom. The first-order valence-electron chi connectivity index (χ1n) is 9.13. The van der Waals surface area contributed by atoms with Gasteiger partial charge in [0, 0.05) is 25.7 Å². The molecule has 4 N–H and O–H groups in total. The summed E-state index contributed by atoms with van der Waals surface area (Å²) >= 11 is 0. The number of hydrogen-bond acceptors (Lipinski definition) is 7. The summed E-state index contributed by atoms with van der Waals surface area (Å²) in [4.78, 5) is 27.8. The van der Waals surface area contributed by atoms with E-state index in [9.17, 15) is 23.1 Å². The molecular formula is C17H28N4O5S. The molecule has 152 valence electrons. The fourth-order valence-corrected chi connectivity index (χ4v) is 4.70. The van der Waals surface area contributed by atoms with E-state index in [-0.39, 0.29) is 31.3 Å². The van der Waals surface area contributed by atoms with Crippen molar-refractivity contribution >= 4 is 26.8 Å². The molecule has 0 radical (unpaired) electrons. The van der Waals surface area contributed by atoms with Crippen molar-refractivity contribution in [2.24, 2.45) is 16.6 Å². The van der Waals surface area contributed by atoms with Crippen molar-refractivity contribution in [1.29, 1.82) is 0 Å². The molecule has 2 heterocycles. The molecular weight excluding hydrogens is 372 g/mol. The fourth-order valence-electron chi connectivity index (χ4n) is 3.17. The number of aliphatic hydroxyl groups excluding tert-OH is 1. The van der Waals surface area contributed by atoms with Crippen LogP contribution in [0.25, 0.3) is 0 Å². The zero-order chi connectivity index (χ0) is 20.2. The summed E-state index contributed by atoms with van der Waals surface area (Å²) in [5.74, 6) is -0.671. The molecule has 2 aliphatic rings. The number of allylic oxidation sites excluding steroid dienone is 1. The lowest BCUT2D eigenvalue weighted by molar-refractivity contribution is -0.124. The highest BCUT2D eigenvalue weighted by molar-refractivity contribution is 8.06. The van der Waals surface area contributed by atoms with Gasteiger partial charge in [-0.25, -0.2) is 13.4 Å². The maximum absolute atomic E-state index is 12.7. The van der Waals surface area contributed by atoms with Crippen molar-refractivity contribution in [3.05, 3.63) is 12.3 Å². The quantitative estimate of drug-likeness (QED) is 0.569. The molecule has 1 saturated heterocycles. The third kappa shape index (κ3) is 5.44. The highest BCUT2D eigenvalue weighted by Crippen LogP contribution is 2.18. The molecule has 0 spiro atoms. The first-order valence-corrected chi connectivity index (χ1v) is 10.6. The van der Waals surface area contributed by atoms with Crippen molar-refractivity contribution in [3.8, 4) is 0 Å². The van der Waals surface area contributed by atoms with Gasteiger partial charge in [0.1, 0.15) is 0 Å². The second kappa shape index (κ2) is 9.05. The van der Waals surface area contributed by atoms with Crippen molar-refractivity contribution in [3.63, 3.8) is 0 Å². The van der Waals surface area contributed by atoms with Gasteiger partial charge >= 0.3 is 0 Å². The van der Waals surface area contributed by atoms with E-state index in [2.05, 4.69) is 10.3 Å². The fraction of sp³-hybridized carbons (Fsp3) is 0.706. The van der Waals surface area contributed by atoms with Gasteiger partial charge in [-0.2, -0.15) is 4.31 Å². The van der Waals surface area contributed by atoms with Crippen molar-refractivity contribution in [1.82, 2.24) is 9.62 Å². The lowest BCUT2D eigenvalue weighted by Gasteiger charge is -2.26. The second-order valence-electron chi connectivity index (χ2n) is 7.37. The summed E-state index contributed by atoms with van der Waals surface area (Å²) in [5.41, 5.74) is 5.87. The van der Waals surface area contributed by atoms with Crippen LogP contribution in [-0.4, -0.2) is 65.8 Å². The molecule has 0 saturated carbocycles. The minimum absolute atomic E-state index is 0.0130. The Labute approximate surface area is 159 Å². The molecule has 0 aromatic rings. The summed E-state index contributed by atoms with van der Waals surface area (Å²) in [6.45, 7) is 3.84. The summed E-state index contributed by atoms with van der Waals surface area (Å²) in [5, 5.41) is 12.7. The Balaban J connectivity index is 2.06. The SMILES string of the molecule is CC(C)CC(N)C(=O)NC1CCCN(S(=O)(=O)C2=NC=CCC2=O)C[C@@H]1O. The minimum atomic E-state index is -4.09. The molecule has 0 bridgehead atoms. The minimum Gasteiger partial charge on any atom is -0.390 e. The van der Waals surface area contributed by atoms with Crippen LogP contribution in [0.1, 0.15) is 39.5 Å². The molecule has 0 aromatic carbocycles. The van der Waals surface area contributed by atoms with Crippen LogP contribution in [0.15, 0.2) is 17.3 Å². The number of Topliss-reactive ketones (excluding diaryl/α,β-unsaturated/α-hetero) is 1. The molecule has 9 nitrogen and oxygen atoms in total. The summed E-state index contributed by atoms with van der Waals surface area (Å²) in [7, 11) is -4.09.